The van der Waals surface area contributed by atoms with Crippen LogP contribution in [-0.4, -0.2) is 27.3 Å². The molecule has 1 heterocycles. The van der Waals surface area contributed by atoms with Crippen LogP contribution in [0, 0.1) is 6.92 Å². The number of nitrogens with zero attached hydrogens (tertiary/aromatic N) is 2. The molecule has 122 valence electrons. The Bertz CT molecular complexity index is 674. The third-order valence-corrected chi connectivity index (χ3v) is 4.25. The van der Waals surface area contributed by atoms with E-state index in [4.69, 9.17) is 0 Å². The van der Waals surface area contributed by atoms with Crippen molar-refractivity contribution in [2.24, 2.45) is 0 Å². The molecule has 5 heteroatoms. The van der Waals surface area contributed by atoms with Crippen LogP contribution in [0.25, 0.3) is 11.3 Å². The highest BCUT2D eigenvalue weighted by molar-refractivity contribution is 7.99. The van der Waals surface area contributed by atoms with Crippen LogP contribution in [-0.2, 0) is 11.3 Å². The number of imidazole rings is 1. The molecule has 4 nitrogen and oxygen atoms in total. The number of aromatic nitrogens is 2. The molecule has 1 aromatic heterocycles. The van der Waals surface area contributed by atoms with E-state index in [2.05, 4.69) is 52.6 Å². The van der Waals surface area contributed by atoms with Gasteiger partial charge in [0.2, 0.25) is 5.91 Å². The average Bonchev–Trinajstić information content (AvgIpc) is 2.89. The number of benzene rings is 1. The van der Waals surface area contributed by atoms with Gasteiger partial charge in [-0.05, 0) is 26.3 Å². The molecule has 0 radical (unpaired) electrons. The van der Waals surface area contributed by atoms with Crippen molar-refractivity contribution < 1.29 is 4.79 Å². The molecule has 0 saturated carbocycles. The zero-order chi connectivity index (χ0) is 16.8. The fraction of sp³-hybridized carbons (Fsp3) is 0.333. The van der Waals surface area contributed by atoms with Gasteiger partial charge in [-0.1, -0.05) is 47.7 Å². The van der Waals surface area contributed by atoms with Crippen LogP contribution in [0.5, 0.6) is 0 Å². The minimum absolute atomic E-state index is 0.0232. The molecule has 23 heavy (non-hydrogen) atoms. The maximum Gasteiger partial charge on any atom is 0.230 e. The number of hydrogen-bond acceptors (Lipinski definition) is 3. The smallest absolute Gasteiger partial charge is 0.230 e. The van der Waals surface area contributed by atoms with Crippen molar-refractivity contribution in [3.63, 3.8) is 0 Å². The third kappa shape index (κ3) is 4.73. The van der Waals surface area contributed by atoms with Gasteiger partial charge in [0.25, 0.3) is 0 Å². The summed E-state index contributed by atoms with van der Waals surface area (Å²) in [5.41, 5.74) is 3.38. The molecule has 0 bridgehead atoms. The molecular formula is C18H23N3OS. The van der Waals surface area contributed by atoms with E-state index in [1.165, 1.54) is 17.3 Å². The summed E-state index contributed by atoms with van der Waals surface area (Å²) in [5, 5.41) is 3.72. The minimum Gasteiger partial charge on any atom is -0.353 e. The highest BCUT2D eigenvalue weighted by Gasteiger charge is 2.13. The zero-order valence-corrected chi connectivity index (χ0v) is 14.7. The van der Waals surface area contributed by atoms with Gasteiger partial charge in [0, 0.05) is 12.6 Å². The maximum atomic E-state index is 11.8. The topological polar surface area (TPSA) is 46.9 Å². The van der Waals surface area contributed by atoms with Crippen LogP contribution in [0.4, 0.5) is 0 Å². The Labute approximate surface area is 142 Å². The molecule has 2 aromatic rings. The predicted molar refractivity (Wildman–Crippen MR) is 96.6 cm³/mol. The van der Waals surface area contributed by atoms with Gasteiger partial charge in [0.05, 0.1) is 17.6 Å². The van der Waals surface area contributed by atoms with Crippen molar-refractivity contribution in [1.82, 2.24) is 14.9 Å². The van der Waals surface area contributed by atoms with Crippen molar-refractivity contribution in [2.45, 2.75) is 38.5 Å². The lowest BCUT2D eigenvalue weighted by Gasteiger charge is -2.11. The van der Waals surface area contributed by atoms with Gasteiger partial charge >= 0.3 is 0 Å². The number of amides is 1. The first-order valence-electron chi connectivity index (χ1n) is 7.67. The van der Waals surface area contributed by atoms with Gasteiger partial charge in [-0.3, -0.25) is 4.79 Å². The fourth-order valence-electron chi connectivity index (χ4n) is 2.23. The maximum absolute atomic E-state index is 11.8. The lowest BCUT2D eigenvalue weighted by molar-refractivity contribution is -0.119. The summed E-state index contributed by atoms with van der Waals surface area (Å²) in [4.78, 5) is 16.3. The molecule has 1 N–H and O–H groups in total. The van der Waals surface area contributed by atoms with E-state index in [1.54, 1.807) is 0 Å². The van der Waals surface area contributed by atoms with Crippen LogP contribution in [0.1, 0.15) is 19.4 Å². The molecule has 2 rings (SSSR count). The second-order valence-corrected chi connectivity index (χ2v) is 6.64. The normalized spacial score (nSPS) is 10.8. The first kappa shape index (κ1) is 17.3. The summed E-state index contributed by atoms with van der Waals surface area (Å²) < 4.78 is 2.09. The van der Waals surface area contributed by atoms with Gasteiger partial charge in [0.15, 0.2) is 5.16 Å². The Morgan fingerprint density at radius 1 is 1.39 bits per heavy atom. The molecule has 0 unspecified atom stereocenters. The van der Waals surface area contributed by atoms with Crippen LogP contribution >= 0.6 is 11.8 Å². The first-order valence-corrected chi connectivity index (χ1v) is 8.65. The van der Waals surface area contributed by atoms with Crippen molar-refractivity contribution in [3.8, 4) is 11.3 Å². The Hall–Kier alpha value is -2.01. The summed E-state index contributed by atoms with van der Waals surface area (Å²) >= 11 is 1.45. The molecule has 0 atom stereocenters. The number of thioether (sulfide) groups is 1. The highest BCUT2D eigenvalue weighted by atomic mass is 32.2. The van der Waals surface area contributed by atoms with Gasteiger partial charge in [0.1, 0.15) is 0 Å². The second-order valence-electron chi connectivity index (χ2n) is 5.70. The standard InChI is InChI=1S/C18H23N3OS/c1-5-10-21-16(15-8-6-14(4)7-9-15)11-19-18(21)23-12-17(22)20-13(2)3/h5-9,11,13H,1,10,12H2,2-4H3,(H,20,22). The molecule has 1 aromatic carbocycles. The number of carbonyl (C=O) groups is 1. The van der Waals surface area contributed by atoms with Gasteiger partial charge in [-0.25, -0.2) is 4.98 Å². The van der Waals surface area contributed by atoms with Gasteiger partial charge in [-0.15, -0.1) is 6.58 Å². The van der Waals surface area contributed by atoms with Crippen molar-refractivity contribution >= 4 is 17.7 Å². The van der Waals surface area contributed by atoms with Gasteiger partial charge in [-0.2, -0.15) is 0 Å². The van der Waals surface area contributed by atoms with Crippen LogP contribution < -0.4 is 5.32 Å². The monoisotopic (exact) mass is 329 g/mol. The summed E-state index contributed by atoms with van der Waals surface area (Å²) in [7, 11) is 0. The SMILES string of the molecule is C=CCn1c(-c2ccc(C)cc2)cnc1SCC(=O)NC(C)C. The Morgan fingerprint density at radius 2 is 2.09 bits per heavy atom. The summed E-state index contributed by atoms with van der Waals surface area (Å²) in [6.45, 7) is 10.5. The Kier molecular flexibility index (Phi) is 6.04. The number of nitrogens with one attached hydrogen (secondary N) is 1. The molecule has 0 aliphatic rings. The summed E-state index contributed by atoms with van der Waals surface area (Å²) in [5.74, 6) is 0.384. The minimum atomic E-state index is 0.0232. The predicted octanol–water partition coefficient (Wildman–Crippen LogP) is 3.66. The van der Waals surface area contributed by atoms with Crippen molar-refractivity contribution in [3.05, 3.63) is 48.7 Å². The number of hydrogen-bond donors (Lipinski definition) is 1. The third-order valence-electron chi connectivity index (χ3n) is 3.26. The van der Waals surface area contributed by atoms with E-state index in [9.17, 15) is 4.79 Å². The Morgan fingerprint density at radius 3 is 2.70 bits per heavy atom. The number of allylic oxidation sites excluding steroid dienone is 1. The molecule has 0 saturated heterocycles. The molecule has 0 spiro atoms. The molecule has 0 aliphatic carbocycles. The van der Waals surface area contributed by atoms with Crippen LogP contribution in [0.15, 0.2) is 48.3 Å². The van der Waals surface area contributed by atoms with E-state index in [0.717, 1.165) is 16.4 Å². The zero-order valence-electron chi connectivity index (χ0n) is 13.9. The number of aryl methyl sites for hydroxylation is 1. The van der Waals surface area contributed by atoms with Crippen molar-refractivity contribution in [1.29, 1.82) is 0 Å². The summed E-state index contributed by atoms with van der Waals surface area (Å²) in [6.07, 6.45) is 3.70. The van der Waals surface area contributed by atoms with E-state index in [-0.39, 0.29) is 11.9 Å². The fourth-order valence-corrected chi connectivity index (χ4v) is 3.03. The molecule has 1 amide bonds. The first-order chi connectivity index (χ1) is 11.0. The van der Waals surface area contributed by atoms with Crippen LogP contribution in [0.3, 0.4) is 0 Å². The quantitative estimate of drug-likeness (QED) is 0.623. The van der Waals surface area contributed by atoms with Crippen molar-refractivity contribution in [2.75, 3.05) is 5.75 Å². The lowest BCUT2D eigenvalue weighted by atomic mass is 10.1. The lowest BCUT2D eigenvalue weighted by Crippen LogP contribution is -2.31. The highest BCUT2D eigenvalue weighted by Crippen LogP contribution is 2.26. The molecular weight excluding hydrogens is 306 g/mol. The Balaban J connectivity index is 2.19. The summed E-state index contributed by atoms with van der Waals surface area (Å²) in [6, 6.07) is 8.50. The van der Waals surface area contributed by atoms with E-state index in [0.29, 0.717) is 12.3 Å². The van der Waals surface area contributed by atoms with Gasteiger partial charge < -0.3 is 9.88 Å². The molecule has 0 fully saturated rings. The largest absolute Gasteiger partial charge is 0.353 e. The molecule has 0 aliphatic heterocycles. The second kappa shape index (κ2) is 8.02. The number of carbonyl (C=O) groups excluding carboxylic acids is 1. The van der Waals surface area contributed by atoms with E-state index < -0.39 is 0 Å². The van der Waals surface area contributed by atoms with E-state index in [1.807, 2.05) is 26.1 Å². The van der Waals surface area contributed by atoms with Crippen LogP contribution in [0.2, 0.25) is 0 Å². The average molecular weight is 329 g/mol. The van der Waals surface area contributed by atoms with E-state index >= 15 is 0 Å². The number of rotatable bonds is 7.